The fourth-order valence-corrected chi connectivity index (χ4v) is 9.54. The Hall–Kier alpha value is -1.22. The van der Waals surface area contributed by atoms with Crippen LogP contribution in [0.2, 0.25) is 0 Å². The van der Waals surface area contributed by atoms with E-state index in [1.165, 1.54) is 0 Å². The molecule has 2 aliphatic heterocycles. The van der Waals surface area contributed by atoms with E-state index < -0.39 is 11.1 Å². The second-order valence-corrected chi connectivity index (χ2v) is 22.4. The van der Waals surface area contributed by atoms with E-state index in [4.69, 9.17) is 19.1 Å². The molecular formula is C44H84N2O6. The van der Waals surface area contributed by atoms with Gasteiger partial charge in [0.2, 0.25) is 0 Å². The second kappa shape index (κ2) is 17.3. The molecule has 2 unspecified atom stereocenters. The molecule has 2 atom stereocenters. The normalized spacial score (nSPS) is 24.0. The van der Waals surface area contributed by atoms with Gasteiger partial charge in [-0.1, -0.05) is 67.2 Å². The summed E-state index contributed by atoms with van der Waals surface area (Å²) in [5, 5.41) is 3.85. The third kappa shape index (κ3) is 14.5. The van der Waals surface area contributed by atoms with Crippen LogP contribution in [-0.4, -0.2) is 67.6 Å². The molecular weight excluding hydrogens is 652 g/mol. The summed E-state index contributed by atoms with van der Waals surface area (Å²) >= 11 is 0. The average molecular weight is 737 g/mol. The van der Waals surface area contributed by atoms with Crippen LogP contribution >= 0.6 is 0 Å². The first-order valence-corrected chi connectivity index (χ1v) is 20.7. The summed E-state index contributed by atoms with van der Waals surface area (Å²) in [4.78, 5) is 38.5. The number of hydroxylamine groups is 4. The van der Waals surface area contributed by atoms with E-state index in [9.17, 15) is 9.59 Å². The molecule has 0 N–H and O–H groups in total. The molecule has 0 aromatic heterocycles. The van der Waals surface area contributed by atoms with E-state index in [0.717, 1.165) is 77.0 Å². The van der Waals surface area contributed by atoms with Crippen molar-refractivity contribution in [3.63, 3.8) is 0 Å². The molecule has 0 aromatic carbocycles. The van der Waals surface area contributed by atoms with E-state index in [0.29, 0.717) is 12.8 Å². The Bertz CT molecular complexity index is 1070. The summed E-state index contributed by atoms with van der Waals surface area (Å²) in [6.07, 6.45) is 11.8. The highest BCUT2D eigenvalue weighted by Crippen LogP contribution is 2.45. The van der Waals surface area contributed by atoms with E-state index in [2.05, 4.69) is 125 Å². The lowest BCUT2D eigenvalue weighted by Crippen LogP contribution is -2.66. The molecule has 2 fully saturated rings. The summed E-state index contributed by atoms with van der Waals surface area (Å²) < 4.78 is 13.5. The minimum atomic E-state index is -0.453. The van der Waals surface area contributed by atoms with Crippen molar-refractivity contribution in [1.29, 1.82) is 0 Å². The Balaban J connectivity index is 1.78. The van der Waals surface area contributed by atoms with Gasteiger partial charge < -0.3 is 19.1 Å². The summed E-state index contributed by atoms with van der Waals surface area (Å²) in [7, 11) is 0. The predicted molar refractivity (Wildman–Crippen MR) is 214 cm³/mol. The van der Waals surface area contributed by atoms with Crippen LogP contribution in [0.4, 0.5) is 0 Å². The minimum absolute atomic E-state index is 0.0393. The van der Waals surface area contributed by atoms with Gasteiger partial charge in [-0.2, -0.15) is 0 Å². The van der Waals surface area contributed by atoms with Gasteiger partial charge in [-0.25, -0.2) is 0 Å². The van der Waals surface area contributed by atoms with Crippen molar-refractivity contribution >= 4 is 11.9 Å². The molecule has 0 aromatic rings. The first-order chi connectivity index (χ1) is 23.3. The van der Waals surface area contributed by atoms with Crippen LogP contribution in [0, 0.1) is 10.8 Å². The van der Waals surface area contributed by atoms with Crippen molar-refractivity contribution in [1.82, 2.24) is 10.1 Å². The van der Waals surface area contributed by atoms with Crippen molar-refractivity contribution in [2.45, 2.75) is 260 Å². The van der Waals surface area contributed by atoms with Crippen LogP contribution < -0.4 is 0 Å². The highest BCUT2D eigenvalue weighted by Gasteiger charge is 2.53. The van der Waals surface area contributed by atoms with Crippen LogP contribution in [0.3, 0.4) is 0 Å². The van der Waals surface area contributed by atoms with Crippen molar-refractivity contribution < 1.29 is 28.7 Å². The zero-order valence-electron chi connectivity index (χ0n) is 37.4. The number of carbonyl (C=O) groups excluding carboxylic acids is 2. The topological polar surface area (TPSA) is 77.5 Å². The molecule has 0 amide bonds. The summed E-state index contributed by atoms with van der Waals surface area (Å²) in [6.45, 7) is 39.4. The van der Waals surface area contributed by atoms with E-state index in [1.54, 1.807) is 0 Å². The molecule has 0 bridgehead atoms. The van der Waals surface area contributed by atoms with Crippen LogP contribution in [0.15, 0.2) is 0 Å². The van der Waals surface area contributed by atoms with E-state index in [1.807, 2.05) is 10.1 Å². The molecule has 0 saturated carbocycles. The van der Waals surface area contributed by atoms with Gasteiger partial charge in [-0.3, -0.25) is 9.59 Å². The standard InChI is InChI=1S/C44H84N2O6/c1-37(2,3)31-41(11,12)49-33-27-29-39(7,8)45(43(33,15)16)51-35(47)25-23-21-19-20-22-24-26-36(48)52-46-40(9,10)30-28-34(44(46,17)18)50-42(13,14)32-38(4,5)6/h33-34H,19-32H2,1-18H3. The number of unbranched alkanes of at least 4 members (excludes halogenated alkanes) is 5. The molecule has 0 aliphatic carbocycles. The maximum Gasteiger partial charge on any atom is 0.325 e. The summed E-state index contributed by atoms with van der Waals surface area (Å²) in [5.41, 5.74) is -1.69. The molecule has 2 saturated heterocycles. The Morgan fingerprint density at radius 3 is 1.10 bits per heavy atom. The lowest BCUT2D eigenvalue weighted by Gasteiger charge is -2.55. The molecule has 8 heteroatoms. The first kappa shape index (κ1) is 46.9. The molecule has 306 valence electrons. The lowest BCUT2D eigenvalue weighted by atomic mass is 9.78. The Morgan fingerprint density at radius 1 is 0.519 bits per heavy atom. The average Bonchev–Trinajstić information content (AvgIpc) is 2.91. The van der Waals surface area contributed by atoms with Crippen LogP contribution in [0.25, 0.3) is 0 Å². The molecule has 2 aliphatic rings. The molecule has 52 heavy (non-hydrogen) atoms. The third-order valence-electron chi connectivity index (χ3n) is 11.0. The molecule has 0 radical (unpaired) electrons. The highest BCUT2D eigenvalue weighted by molar-refractivity contribution is 5.69. The van der Waals surface area contributed by atoms with Gasteiger partial charge in [0.15, 0.2) is 0 Å². The van der Waals surface area contributed by atoms with Gasteiger partial charge in [0.25, 0.3) is 0 Å². The number of carbonyl (C=O) groups is 2. The summed E-state index contributed by atoms with van der Waals surface area (Å²) in [6, 6.07) is 0. The minimum Gasteiger partial charge on any atom is -0.370 e. The van der Waals surface area contributed by atoms with Gasteiger partial charge in [0.1, 0.15) is 0 Å². The zero-order chi connectivity index (χ0) is 40.2. The molecule has 2 rings (SSSR count). The van der Waals surface area contributed by atoms with Gasteiger partial charge in [-0.15, -0.1) is 10.1 Å². The number of piperidine rings is 2. The number of ether oxygens (including phenoxy) is 2. The van der Waals surface area contributed by atoms with Gasteiger partial charge in [0.05, 0.1) is 45.6 Å². The smallest absolute Gasteiger partial charge is 0.325 e. The number of rotatable bonds is 17. The van der Waals surface area contributed by atoms with Crippen molar-refractivity contribution in [3.8, 4) is 0 Å². The predicted octanol–water partition coefficient (Wildman–Crippen LogP) is 11.5. The SMILES string of the molecule is CC(C)(C)CC(C)(C)OC1CCC(C)(C)N(OC(=O)CCCCCCCCC(=O)ON2C(C)(C)CCC(OC(C)(C)CC(C)(C)C)C2(C)C)C1(C)C. The third-order valence-corrected chi connectivity index (χ3v) is 11.0. The van der Waals surface area contributed by atoms with Crippen LogP contribution in [-0.2, 0) is 28.7 Å². The zero-order valence-corrected chi connectivity index (χ0v) is 37.4. The molecule has 2 heterocycles. The van der Waals surface area contributed by atoms with Crippen LogP contribution in [0.5, 0.6) is 0 Å². The fourth-order valence-electron chi connectivity index (χ4n) is 9.54. The first-order valence-electron chi connectivity index (χ1n) is 20.7. The Labute approximate surface area is 321 Å². The maximum absolute atomic E-state index is 13.1. The molecule has 8 nitrogen and oxygen atoms in total. The van der Waals surface area contributed by atoms with E-state index >= 15 is 0 Å². The van der Waals surface area contributed by atoms with Crippen molar-refractivity contribution in [3.05, 3.63) is 0 Å². The van der Waals surface area contributed by atoms with Crippen molar-refractivity contribution in [2.24, 2.45) is 10.8 Å². The fraction of sp³-hybridized carbons (Fsp3) is 0.955. The second-order valence-electron chi connectivity index (χ2n) is 22.4. The van der Waals surface area contributed by atoms with Gasteiger partial charge in [-0.05, 0) is 145 Å². The lowest BCUT2D eigenvalue weighted by molar-refractivity contribution is -0.300. The van der Waals surface area contributed by atoms with Crippen LogP contribution in [0.1, 0.15) is 215 Å². The quantitative estimate of drug-likeness (QED) is 0.137. The Kier molecular flexibility index (Phi) is 15.6. The van der Waals surface area contributed by atoms with Gasteiger partial charge in [0, 0.05) is 12.8 Å². The largest absolute Gasteiger partial charge is 0.370 e. The van der Waals surface area contributed by atoms with E-state index in [-0.39, 0.29) is 57.3 Å². The van der Waals surface area contributed by atoms with Crippen molar-refractivity contribution in [2.75, 3.05) is 0 Å². The number of nitrogens with zero attached hydrogens (tertiary/aromatic N) is 2. The highest BCUT2D eigenvalue weighted by atomic mass is 16.7. The number of hydrogen-bond donors (Lipinski definition) is 0. The summed E-state index contributed by atoms with van der Waals surface area (Å²) in [5.74, 6) is -0.347. The molecule has 0 spiro atoms. The Morgan fingerprint density at radius 2 is 0.808 bits per heavy atom. The number of hydrogen-bond acceptors (Lipinski definition) is 8. The van der Waals surface area contributed by atoms with Gasteiger partial charge >= 0.3 is 11.9 Å². The maximum atomic E-state index is 13.1. The monoisotopic (exact) mass is 737 g/mol.